The van der Waals surface area contributed by atoms with Gasteiger partial charge in [0.2, 0.25) is 0 Å². The highest BCUT2D eigenvalue weighted by atomic mass is 15.0. The lowest BCUT2D eigenvalue weighted by Gasteiger charge is -2.16. The van der Waals surface area contributed by atoms with Crippen LogP contribution >= 0.6 is 0 Å². The summed E-state index contributed by atoms with van der Waals surface area (Å²) in [5.41, 5.74) is 11.8. The predicted molar refractivity (Wildman–Crippen MR) is 200 cm³/mol. The van der Waals surface area contributed by atoms with E-state index in [0.29, 0.717) is 16.7 Å². The van der Waals surface area contributed by atoms with Crippen LogP contribution in [-0.2, 0) is 0 Å². The number of hydrogen-bond acceptors (Lipinski definition) is 3. The molecule has 0 bridgehead atoms. The van der Waals surface area contributed by atoms with Gasteiger partial charge in [-0.25, -0.2) is 0 Å². The van der Waals surface area contributed by atoms with Gasteiger partial charge in [0.05, 0.1) is 62.7 Å². The van der Waals surface area contributed by atoms with Crippen molar-refractivity contribution in [3.8, 4) is 51.8 Å². The summed E-state index contributed by atoms with van der Waals surface area (Å²) >= 11 is 0. The predicted octanol–water partition coefficient (Wildman–Crippen LogP) is 10.8. The van der Waals surface area contributed by atoms with Crippen LogP contribution < -0.4 is 0 Å². The molecule has 0 atom stereocenters. The number of nitrogens with zero attached hydrogens (tertiary/aromatic N) is 5. The van der Waals surface area contributed by atoms with Crippen LogP contribution in [0.3, 0.4) is 0 Å². The maximum Gasteiger partial charge on any atom is 0.0991 e. The Bertz CT molecular complexity index is 2830. The topological polar surface area (TPSA) is 81.2 Å². The van der Waals surface area contributed by atoms with Crippen molar-refractivity contribution in [2.45, 2.75) is 0 Å². The zero-order valence-corrected chi connectivity index (χ0v) is 26.7. The van der Waals surface area contributed by atoms with E-state index in [-0.39, 0.29) is 0 Å². The molecule has 0 spiro atoms. The first-order valence-corrected chi connectivity index (χ1v) is 16.3. The molecule has 0 aliphatic heterocycles. The van der Waals surface area contributed by atoms with E-state index in [2.05, 4.69) is 124 Å². The molecule has 5 heteroatoms. The molecular formula is C45H25N5. The van der Waals surface area contributed by atoms with Gasteiger partial charge in [-0.2, -0.15) is 15.8 Å². The van der Waals surface area contributed by atoms with E-state index in [0.717, 1.165) is 55.4 Å². The molecule has 7 aromatic carbocycles. The normalized spacial score (nSPS) is 11.1. The molecule has 0 radical (unpaired) electrons. The zero-order valence-electron chi connectivity index (χ0n) is 26.7. The van der Waals surface area contributed by atoms with Crippen LogP contribution in [0, 0.1) is 34.0 Å². The van der Waals surface area contributed by atoms with Crippen LogP contribution in [0.15, 0.2) is 152 Å². The monoisotopic (exact) mass is 635 g/mol. The lowest BCUT2D eigenvalue weighted by molar-refractivity contribution is 1.18. The summed E-state index contributed by atoms with van der Waals surface area (Å²) in [4.78, 5) is 0. The van der Waals surface area contributed by atoms with Gasteiger partial charge in [-0.05, 0) is 102 Å². The quantitative estimate of drug-likeness (QED) is 0.193. The first-order chi connectivity index (χ1) is 24.6. The minimum Gasteiger partial charge on any atom is -0.309 e. The number of fused-ring (bicyclic) bond motifs is 6. The molecule has 50 heavy (non-hydrogen) atoms. The number of benzene rings is 7. The molecule has 0 saturated carbocycles. The summed E-state index contributed by atoms with van der Waals surface area (Å²) in [6.45, 7) is 0. The van der Waals surface area contributed by atoms with Gasteiger partial charge in [0.1, 0.15) is 0 Å². The standard InChI is InChI=1S/C45H25N5/c46-26-29-12-19-43(50-44-20-13-30(27-47)23-39(44)40-24-31(28-48)14-21-45(40)50)38(22-29)34-7-5-6-33(25-34)32-15-17-35(18-16-32)49-41-10-3-1-8-36(41)37-9-2-4-11-42(37)49/h1-25H. The third-order valence-electron chi connectivity index (χ3n) is 9.60. The van der Waals surface area contributed by atoms with Crippen LogP contribution in [0.1, 0.15) is 16.7 Å². The highest BCUT2D eigenvalue weighted by Gasteiger charge is 2.18. The fourth-order valence-electron chi connectivity index (χ4n) is 7.32. The Balaban J connectivity index is 1.19. The van der Waals surface area contributed by atoms with Gasteiger partial charge in [0.25, 0.3) is 0 Å². The lowest BCUT2D eigenvalue weighted by Crippen LogP contribution is -1.98. The average Bonchev–Trinajstić information content (AvgIpc) is 3.69. The second kappa shape index (κ2) is 11.4. The second-order valence-electron chi connectivity index (χ2n) is 12.4. The van der Waals surface area contributed by atoms with E-state index in [1.54, 1.807) is 0 Å². The molecule has 0 amide bonds. The molecular weight excluding hydrogens is 611 g/mol. The Morgan fingerprint density at radius 3 is 1.48 bits per heavy atom. The summed E-state index contributed by atoms with van der Waals surface area (Å²) in [5.74, 6) is 0. The molecule has 5 nitrogen and oxygen atoms in total. The Kier molecular flexibility index (Phi) is 6.56. The van der Waals surface area contributed by atoms with Crippen LogP contribution in [0.2, 0.25) is 0 Å². The van der Waals surface area contributed by atoms with E-state index in [1.807, 2.05) is 54.6 Å². The van der Waals surface area contributed by atoms with Gasteiger partial charge in [-0.3, -0.25) is 0 Å². The fraction of sp³-hybridized carbons (Fsp3) is 0. The molecule has 9 aromatic rings. The van der Waals surface area contributed by atoms with Crippen LogP contribution in [-0.4, -0.2) is 9.13 Å². The average molecular weight is 636 g/mol. The summed E-state index contributed by atoms with van der Waals surface area (Å²) < 4.78 is 4.48. The largest absolute Gasteiger partial charge is 0.309 e. The van der Waals surface area contributed by atoms with Gasteiger partial charge in [-0.1, -0.05) is 66.7 Å². The molecule has 2 aromatic heterocycles. The van der Waals surface area contributed by atoms with Crippen molar-refractivity contribution in [2.75, 3.05) is 0 Å². The van der Waals surface area contributed by atoms with Crippen molar-refractivity contribution in [1.29, 1.82) is 15.8 Å². The Morgan fingerprint density at radius 1 is 0.360 bits per heavy atom. The Hall–Kier alpha value is -7.39. The van der Waals surface area contributed by atoms with Gasteiger partial charge < -0.3 is 9.13 Å². The molecule has 9 rings (SSSR count). The lowest BCUT2D eigenvalue weighted by atomic mass is 9.96. The smallest absolute Gasteiger partial charge is 0.0991 e. The molecule has 0 aliphatic carbocycles. The maximum atomic E-state index is 9.94. The van der Waals surface area contributed by atoms with Crippen molar-refractivity contribution in [2.24, 2.45) is 0 Å². The zero-order chi connectivity index (χ0) is 33.8. The van der Waals surface area contributed by atoms with Gasteiger partial charge in [-0.15, -0.1) is 0 Å². The van der Waals surface area contributed by atoms with Gasteiger partial charge in [0.15, 0.2) is 0 Å². The fourth-order valence-corrected chi connectivity index (χ4v) is 7.32. The van der Waals surface area contributed by atoms with Crippen molar-refractivity contribution in [3.05, 3.63) is 168 Å². The third kappa shape index (κ3) is 4.45. The number of rotatable bonds is 4. The highest BCUT2D eigenvalue weighted by molar-refractivity contribution is 6.11. The molecule has 0 aliphatic rings. The molecule has 230 valence electrons. The van der Waals surface area contributed by atoms with Gasteiger partial charge in [0, 0.05) is 32.8 Å². The van der Waals surface area contributed by atoms with Crippen molar-refractivity contribution in [3.63, 3.8) is 0 Å². The van der Waals surface area contributed by atoms with E-state index >= 15 is 0 Å². The molecule has 0 saturated heterocycles. The number of hydrogen-bond donors (Lipinski definition) is 0. The minimum absolute atomic E-state index is 0.552. The summed E-state index contributed by atoms with van der Waals surface area (Å²) in [5, 5.41) is 33.5. The van der Waals surface area contributed by atoms with Crippen LogP contribution in [0.25, 0.3) is 77.2 Å². The van der Waals surface area contributed by atoms with Crippen molar-refractivity contribution >= 4 is 43.6 Å². The molecule has 0 unspecified atom stereocenters. The molecule has 2 heterocycles. The molecule has 0 N–H and O–H groups in total. The Morgan fingerprint density at radius 2 is 0.880 bits per heavy atom. The number of nitriles is 3. The maximum absolute atomic E-state index is 9.94. The SMILES string of the molecule is N#Cc1ccc(-n2c3ccc(C#N)cc3c3cc(C#N)ccc32)c(-c2cccc(-c3ccc(-n4c5ccccc5c5ccccc54)cc3)c2)c1. The first-order valence-electron chi connectivity index (χ1n) is 16.3. The van der Waals surface area contributed by atoms with Crippen LogP contribution in [0.5, 0.6) is 0 Å². The van der Waals surface area contributed by atoms with Crippen LogP contribution in [0.4, 0.5) is 0 Å². The number of para-hydroxylation sites is 2. The minimum atomic E-state index is 0.552. The van der Waals surface area contributed by atoms with E-state index in [1.165, 1.54) is 21.8 Å². The second-order valence-corrected chi connectivity index (χ2v) is 12.4. The third-order valence-corrected chi connectivity index (χ3v) is 9.60. The van der Waals surface area contributed by atoms with E-state index in [4.69, 9.17) is 0 Å². The first kappa shape index (κ1) is 28.8. The van der Waals surface area contributed by atoms with Crippen molar-refractivity contribution in [1.82, 2.24) is 9.13 Å². The van der Waals surface area contributed by atoms with E-state index < -0.39 is 0 Å². The van der Waals surface area contributed by atoms with E-state index in [9.17, 15) is 15.8 Å². The summed E-state index contributed by atoms with van der Waals surface area (Å²) in [6, 6.07) is 58.0. The van der Waals surface area contributed by atoms with Crippen molar-refractivity contribution < 1.29 is 0 Å². The number of aromatic nitrogens is 2. The summed E-state index contributed by atoms with van der Waals surface area (Å²) in [6.07, 6.45) is 0. The van der Waals surface area contributed by atoms with Gasteiger partial charge >= 0.3 is 0 Å². The highest BCUT2D eigenvalue weighted by Crippen LogP contribution is 2.39. The summed E-state index contributed by atoms with van der Waals surface area (Å²) in [7, 11) is 0. The molecule has 0 fully saturated rings. The Labute approximate surface area is 287 Å².